The monoisotopic (exact) mass is 320 g/mol. The molecule has 6 heteroatoms. The number of likely N-dealkylation sites (tertiary alicyclic amines) is 1. The minimum Gasteiger partial charge on any atom is -0.330 e. The third-order valence-corrected chi connectivity index (χ3v) is 4.99. The van der Waals surface area contributed by atoms with Gasteiger partial charge in [-0.2, -0.15) is 0 Å². The summed E-state index contributed by atoms with van der Waals surface area (Å²) in [6.07, 6.45) is 2.57. The van der Waals surface area contributed by atoms with Crippen LogP contribution in [0.3, 0.4) is 0 Å². The molecule has 1 saturated heterocycles. The predicted octanol–water partition coefficient (Wildman–Crippen LogP) is 4.09. The number of aromatic nitrogens is 2. The van der Waals surface area contributed by atoms with Crippen LogP contribution < -0.4 is 5.32 Å². The largest absolute Gasteiger partial charge is 0.330 e. The van der Waals surface area contributed by atoms with E-state index in [0.29, 0.717) is 0 Å². The third kappa shape index (κ3) is 3.51. The Morgan fingerprint density at radius 1 is 1.29 bits per heavy atom. The molecule has 112 valence electrons. The molecule has 1 aliphatic heterocycles. The van der Waals surface area contributed by atoms with Crippen molar-refractivity contribution < 1.29 is 0 Å². The lowest BCUT2D eigenvalue weighted by Gasteiger charge is -2.13. The van der Waals surface area contributed by atoms with Crippen LogP contribution in [0.25, 0.3) is 0 Å². The summed E-state index contributed by atoms with van der Waals surface area (Å²) in [4.78, 5) is 2.40. The molecule has 2 aromatic rings. The highest BCUT2D eigenvalue weighted by Crippen LogP contribution is 2.24. The van der Waals surface area contributed by atoms with Gasteiger partial charge in [-0.15, -0.1) is 5.10 Å². The molecule has 0 radical (unpaired) electrons. The van der Waals surface area contributed by atoms with Gasteiger partial charge in [-0.1, -0.05) is 29.0 Å². The van der Waals surface area contributed by atoms with Gasteiger partial charge in [0.15, 0.2) is 3.95 Å². The maximum Gasteiger partial charge on any atom is 0.209 e. The average molecular weight is 320 g/mol. The van der Waals surface area contributed by atoms with Gasteiger partial charge in [-0.05, 0) is 63.6 Å². The summed E-state index contributed by atoms with van der Waals surface area (Å²) in [7, 11) is 0. The molecule has 2 heterocycles. The Labute approximate surface area is 134 Å². The molecule has 0 unspecified atom stereocenters. The van der Waals surface area contributed by atoms with E-state index in [9.17, 15) is 0 Å². The minimum atomic E-state index is 0.809. The van der Waals surface area contributed by atoms with Crippen molar-refractivity contribution in [2.45, 2.75) is 33.4 Å². The lowest BCUT2D eigenvalue weighted by molar-refractivity contribution is 0.255. The van der Waals surface area contributed by atoms with E-state index in [4.69, 9.17) is 12.2 Å². The molecule has 21 heavy (non-hydrogen) atoms. The number of hydrogen-bond acceptors (Lipinski definition) is 5. The van der Waals surface area contributed by atoms with Crippen molar-refractivity contribution in [1.82, 2.24) is 14.7 Å². The zero-order chi connectivity index (χ0) is 14.8. The highest BCUT2D eigenvalue weighted by atomic mass is 32.1. The normalized spacial score (nSPS) is 15.5. The second-order valence-electron chi connectivity index (χ2n) is 5.58. The van der Waals surface area contributed by atoms with E-state index in [1.165, 1.54) is 35.3 Å². The Balaban J connectivity index is 1.75. The molecule has 4 nitrogen and oxygen atoms in total. The molecule has 1 fully saturated rings. The van der Waals surface area contributed by atoms with E-state index in [1.54, 1.807) is 0 Å². The van der Waals surface area contributed by atoms with Crippen LogP contribution >= 0.6 is 23.6 Å². The van der Waals surface area contributed by atoms with E-state index in [-0.39, 0.29) is 0 Å². The highest BCUT2D eigenvalue weighted by molar-refractivity contribution is 7.73. The quantitative estimate of drug-likeness (QED) is 0.860. The molecule has 0 saturated carbocycles. The fourth-order valence-electron chi connectivity index (χ4n) is 2.63. The van der Waals surface area contributed by atoms with Crippen molar-refractivity contribution in [2.24, 2.45) is 0 Å². The summed E-state index contributed by atoms with van der Waals surface area (Å²) in [5, 5.41) is 8.86. The second-order valence-corrected chi connectivity index (χ2v) is 7.21. The number of benzene rings is 1. The van der Waals surface area contributed by atoms with Crippen LogP contribution in [0.15, 0.2) is 18.2 Å². The lowest BCUT2D eigenvalue weighted by Crippen LogP contribution is -2.23. The Bertz CT molecular complexity index is 683. The first-order valence-corrected chi connectivity index (χ1v) is 8.49. The van der Waals surface area contributed by atoms with Crippen molar-refractivity contribution in [2.75, 3.05) is 18.4 Å². The smallest absolute Gasteiger partial charge is 0.209 e. The Kier molecular flexibility index (Phi) is 4.37. The number of hydrogen-bond donors (Lipinski definition) is 1. The van der Waals surface area contributed by atoms with Crippen LogP contribution in [0.5, 0.6) is 0 Å². The third-order valence-electron chi connectivity index (χ3n) is 3.76. The molecule has 1 aliphatic rings. The van der Waals surface area contributed by atoms with Crippen molar-refractivity contribution in [1.29, 1.82) is 0 Å². The van der Waals surface area contributed by atoms with Gasteiger partial charge in [0.05, 0.1) is 6.67 Å². The number of anilines is 2. The fourth-order valence-corrected chi connectivity index (χ4v) is 3.63. The Hall–Kier alpha value is -1.24. The summed E-state index contributed by atoms with van der Waals surface area (Å²) < 4.78 is 2.76. The number of nitrogens with zero attached hydrogens (tertiary/aromatic N) is 3. The molecular weight excluding hydrogens is 300 g/mol. The van der Waals surface area contributed by atoms with Gasteiger partial charge >= 0.3 is 0 Å². The van der Waals surface area contributed by atoms with Gasteiger partial charge in [-0.3, -0.25) is 4.90 Å². The Morgan fingerprint density at radius 2 is 2.05 bits per heavy atom. The van der Waals surface area contributed by atoms with Gasteiger partial charge in [0.25, 0.3) is 0 Å². The van der Waals surface area contributed by atoms with Crippen LogP contribution in [0.2, 0.25) is 0 Å². The number of nitrogens with one attached hydrogen (secondary N) is 1. The number of aryl methyl sites for hydroxylation is 2. The molecule has 0 aliphatic carbocycles. The van der Waals surface area contributed by atoms with Crippen molar-refractivity contribution in [3.8, 4) is 0 Å². The van der Waals surface area contributed by atoms with Crippen LogP contribution in [0, 0.1) is 17.8 Å². The SMILES string of the molecule is Cc1ccc(Nc2nn(CN3CCCC3)c(=S)s2)c(C)c1. The molecule has 1 aromatic carbocycles. The van der Waals surface area contributed by atoms with Crippen molar-refractivity contribution in [3.63, 3.8) is 0 Å². The minimum absolute atomic E-state index is 0.809. The summed E-state index contributed by atoms with van der Waals surface area (Å²) >= 11 is 6.96. The zero-order valence-electron chi connectivity index (χ0n) is 12.4. The summed E-state index contributed by atoms with van der Waals surface area (Å²) in [5.41, 5.74) is 3.59. The van der Waals surface area contributed by atoms with Gasteiger partial charge in [-0.25, -0.2) is 4.68 Å². The van der Waals surface area contributed by atoms with Crippen molar-refractivity contribution >= 4 is 34.4 Å². The molecule has 0 spiro atoms. The summed E-state index contributed by atoms with van der Waals surface area (Å²) in [6.45, 7) is 7.32. The number of rotatable bonds is 4. The maximum atomic E-state index is 5.43. The van der Waals surface area contributed by atoms with Crippen LogP contribution in [-0.4, -0.2) is 27.8 Å². The van der Waals surface area contributed by atoms with E-state index < -0.39 is 0 Å². The first-order chi connectivity index (χ1) is 10.1. The second kappa shape index (κ2) is 6.25. The van der Waals surface area contributed by atoms with E-state index >= 15 is 0 Å². The zero-order valence-corrected chi connectivity index (χ0v) is 14.1. The molecule has 3 rings (SSSR count). The molecule has 0 atom stereocenters. The van der Waals surface area contributed by atoms with E-state index in [1.807, 2.05) is 4.68 Å². The molecule has 0 amide bonds. The van der Waals surface area contributed by atoms with Gasteiger partial charge < -0.3 is 5.32 Å². The first kappa shape index (κ1) is 14.7. The topological polar surface area (TPSA) is 33.1 Å². The van der Waals surface area contributed by atoms with Crippen LogP contribution in [0.1, 0.15) is 24.0 Å². The standard InChI is InChI=1S/C15H20N4S2/c1-11-5-6-13(12(2)9-11)16-14-17-19(15(20)21-14)10-18-7-3-4-8-18/h5-6,9H,3-4,7-8,10H2,1-2H3,(H,16,17). The predicted molar refractivity (Wildman–Crippen MR) is 90.9 cm³/mol. The first-order valence-electron chi connectivity index (χ1n) is 7.26. The molecule has 1 aromatic heterocycles. The lowest BCUT2D eigenvalue weighted by atomic mass is 10.1. The maximum absolute atomic E-state index is 5.43. The summed E-state index contributed by atoms with van der Waals surface area (Å²) in [6, 6.07) is 6.37. The molecule has 1 N–H and O–H groups in total. The van der Waals surface area contributed by atoms with Crippen molar-refractivity contribution in [3.05, 3.63) is 33.3 Å². The Morgan fingerprint density at radius 3 is 2.76 bits per heavy atom. The highest BCUT2D eigenvalue weighted by Gasteiger charge is 2.14. The summed E-state index contributed by atoms with van der Waals surface area (Å²) in [5.74, 6) is 0. The molecular formula is C15H20N4S2. The van der Waals surface area contributed by atoms with Crippen LogP contribution in [0.4, 0.5) is 10.8 Å². The van der Waals surface area contributed by atoms with E-state index in [0.717, 1.165) is 34.5 Å². The van der Waals surface area contributed by atoms with Gasteiger partial charge in [0.1, 0.15) is 0 Å². The van der Waals surface area contributed by atoms with Gasteiger partial charge in [0, 0.05) is 5.69 Å². The van der Waals surface area contributed by atoms with Crippen LogP contribution in [-0.2, 0) is 6.67 Å². The average Bonchev–Trinajstić information content (AvgIpc) is 3.04. The fraction of sp³-hybridized carbons (Fsp3) is 0.467. The molecule has 0 bridgehead atoms. The van der Waals surface area contributed by atoms with E-state index in [2.05, 4.69) is 47.4 Å². The van der Waals surface area contributed by atoms with Gasteiger partial charge in [0.2, 0.25) is 5.13 Å².